The van der Waals surface area contributed by atoms with Crippen molar-refractivity contribution in [3.05, 3.63) is 63.6 Å². The van der Waals surface area contributed by atoms with Crippen LogP contribution in [0.2, 0.25) is 10.0 Å². The molecule has 0 bridgehead atoms. The standard InChI is InChI=1S/C14H14Cl2N2O/c1-19-11-4-2-3-9(7-11)14(18-17)10-5-6-12(15)13(16)8-10/h2-8,14,18H,17H2,1H3. The van der Waals surface area contributed by atoms with Crippen molar-refractivity contribution in [1.29, 1.82) is 0 Å². The first-order chi connectivity index (χ1) is 9.15. The van der Waals surface area contributed by atoms with Gasteiger partial charge in [-0.05, 0) is 35.4 Å². The summed E-state index contributed by atoms with van der Waals surface area (Å²) in [6.45, 7) is 0. The Kier molecular flexibility index (Phi) is 4.66. The molecule has 0 spiro atoms. The van der Waals surface area contributed by atoms with Gasteiger partial charge >= 0.3 is 0 Å². The van der Waals surface area contributed by atoms with Crippen molar-refractivity contribution in [1.82, 2.24) is 5.43 Å². The minimum atomic E-state index is -0.176. The van der Waals surface area contributed by atoms with Crippen LogP contribution >= 0.6 is 23.2 Å². The van der Waals surface area contributed by atoms with E-state index in [1.807, 2.05) is 30.3 Å². The summed E-state index contributed by atoms with van der Waals surface area (Å²) in [5, 5.41) is 1.02. The van der Waals surface area contributed by atoms with Gasteiger partial charge in [-0.2, -0.15) is 0 Å². The van der Waals surface area contributed by atoms with Gasteiger partial charge in [0.2, 0.25) is 0 Å². The lowest BCUT2D eigenvalue weighted by Crippen LogP contribution is -2.28. The van der Waals surface area contributed by atoms with E-state index >= 15 is 0 Å². The fraction of sp³-hybridized carbons (Fsp3) is 0.143. The van der Waals surface area contributed by atoms with E-state index in [0.29, 0.717) is 10.0 Å². The maximum absolute atomic E-state index is 6.04. The fourth-order valence-electron chi connectivity index (χ4n) is 1.90. The van der Waals surface area contributed by atoms with Gasteiger partial charge in [0.15, 0.2) is 0 Å². The summed E-state index contributed by atoms with van der Waals surface area (Å²) in [5.74, 6) is 6.43. The number of hydrogen-bond acceptors (Lipinski definition) is 3. The molecule has 2 aromatic carbocycles. The molecule has 3 nitrogen and oxygen atoms in total. The number of ether oxygens (including phenoxy) is 1. The van der Waals surface area contributed by atoms with Gasteiger partial charge in [0.05, 0.1) is 23.2 Å². The summed E-state index contributed by atoms with van der Waals surface area (Å²) in [4.78, 5) is 0. The number of hydrogen-bond donors (Lipinski definition) is 2. The molecule has 0 heterocycles. The molecule has 19 heavy (non-hydrogen) atoms. The van der Waals surface area contributed by atoms with Crippen molar-refractivity contribution in [2.75, 3.05) is 7.11 Å². The second-order valence-electron chi connectivity index (χ2n) is 4.05. The van der Waals surface area contributed by atoms with Gasteiger partial charge in [-0.15, -0.1) is 0 Å². The molecule has 0 aliphatic heterocycles. The Morgan fingerprint density at radius 3 is 2.42 bits per heavy atom. The molecule has 1 unspecified atom stereocenters. The molecule has 3 N–H and O–H groups in total. The lowest BCUT2D eigenvalue weighted by atomic mass is 9.99. The summed E-state index contributed by atoms with van der Waals surface area (Å²) in [5.41, 5.74) is 4.70. The zero-order valence-electron chi connectivity index (χ0n) is 10.4. The predicted molar refractivity (Wildman–Crippen MR) is 78.6 cm³/mol. The minimum Gasteiger partial charge on any atom is -0.497 e. The van der Waals surface area contributed by atoms with Crippen molar-refractivity contribution in [2.24, 2.45) is 5.84 Å². The van der Waals surface area contributed by atoms with Gasteiger partial charge < -0.3 is 4.74 Å². The van der Waals surface area contributed by atoms with Crippen LogP contribution in [0.25, 0.3) is 0 Å². The first-order valence-electron chi connectivity index (χ1n) is 5.70. The second kappa shape index (κ2) is 6.26. The molecule has 0 amide bonds. The van der Waals surface area contributed by atoms with E-state index in [-0.39, 0.29) is 6.04 Å². The van der Waals surface area contributed by atoms with Crippen LogP contribution in [0, 0.1) is 0 Å². The third-order valence-corrected chi connectivity index (χ3v) is 3.61. The molecule has 5 heteroatoms. The third kappa shape index (κ3) is 3.19. The predicted octanol–water partition coefficient (Wildman–Crippen LogP) is 3.55. The van der Waals surface area contributed by atoms with Crippen LogP contribution in [0.3, 0.4) is 0 Å². The SMILES string of the molecule is COc1cccc(C(NN)c2ccc(Cl)c(Cl)c2)c1. The molecule has 0 radical (unpaired) electrons. The van der Waals surface area contributed by atoms with Crippen molar-refractivity contribution < 1.29 is 4.74 Å². The first kappa shape index (κ1) is 14.2. The quantitative estimate of drug-likeness (QED) is 0.670. The molecular formula is C14H14Cl2N2O. The second-order valence-corrected chi connectivity index (χ2v) is 4.86. The molecule has 100 valence electrons. The number of nitrogens with two attached hydrogens (primary N) is 1. The van der Waals surface area contributed by atoms with Crippen LogP contribution in [-0.2, 0) is 0 Å². The van der Waals surface area contributed by atoms with E-state index in [0.717, 1.165) is 16.9 Å². The Morgan fingerprint density at radius 2 is 1.79 bits per heavy atom. The summed E-state index contributed by atoms with van der Waals surface area (Å²) >= 11 is 12.0. The number of methoxy groups -OCH3 is 1. The van der Waals surface area contributed by atoms with Crippen LogP contribution in [-0.4, -0.2) is 7.11 Å². The van der Waals surface area contributed by atoms with Gasteiger partial charge in [-0.25, -0.2) is 5.43 Å². The average molecular weight is 297 g/mol. The highest BCUT2D eigenvalue weighted by molar-refractivity contribution is 6.42. The number of nitrogens with one attached hydrogen (secondary N) is 1. The van der Waals surface area contributed by atoms with E-state index < -0.39 is 0 Å². The molecule has 0 aliphatic carbocycles. The summed E-state index contributed by atoms with van der Waals surface area (Å²) in [7, 11) is 1.63. The van der Waals surface area contributed by atoms with E-state index in [4.69, 9.17) is 33.8 Å². The highest BCUT2D eigenvalue weighted by Gasteiger charge is 2.14. The maximum Gasteiger partial charge on any atom is 0.119 e. The van der Waals surface area contributed by atoms with Gasteiger partial charge in [-0.1, -0.05) is 41.4 Å². The van der Waals surface area contributed by atoms with E-state index in [9.17, 15) is 0 Å². The largest absolute Gasteiger partial charge is 0.497 e. The zero-order chi connectivity index (χ0) is 13.8. The van der Waals surface area contributed by atoms with E-state index in [1.54, 1.807) is 19.2 Å². The van der Waals surface area contributed by atoms with Crippen LogP contribution in [0.1, 0.15) is 17.2 Å². The maximum atomic E-state index is 6.04. The van der Waals surface area contributed by atoms with E-state index in [2.05, 4.69) is 5.43 Å². The molecule has 0 fully saturated rings. The van der Waals surface area contributed by atoms with Gasteiger partial charge in [0.1, 0.15) is 5.75 Å². The van der Waals surface area contributed by atoms with Crippen LogP contribution in [0.5, 0.6) is 5.75 Å². The third-order valence-electron chi connectivity index (χ3n) is 2.87. The average Bonchev–Trinajstić information content (AvgIpc) is 2.44. The Hall–Kier alpha value is -1.26. The normalized spacial score (nSPS) is 12.2. The molecule has 1 atom stereocenters. The summed E-state index contributed by atoms with van der Waals surface area (Å²) in [6.07, 6.45) is 0. The highest BCUT2D eigenvalue weighted by Crippen LogP contribution is 2.29. The van der Waals surface area contributed by atoms with Crippen LogP contribution in [0.15, 0.2) is 42.5 Å². The monoisotopic (exact) mass is 296 g/mol. The smallest absolute Gasteiger partial charge is 0.119 e. The van der Waals surface area contributed by atoms with Crippen LogP contribution in [0.4, 0.5) is 0 Å². The Labute approximate surface area is 122 Å². The summed E-state index contributed by atoms with van der Waals surface area (Å²) < 4.78 is 5.21. The number of hydrazine groups is 1. The highest BCUT2D eigenvalue weighted by atomic mass is 35.5. The Balaban J connectivity index is 2.40. The molecular weight excluding hydrogens is 283 g/mol. The molecule has 2 rings (SSSR count). The van der Waals surface area contributed by atoms with Crippen molar-refractivity contribution in [2.45, 2.75) is 6.04 Å². The van der Waals surface area contributed by atoms with Crippen LogP contribution < -0.4 is 16.0 Å². The van der Waals surface area contributed by atoms with E-state index in [1.165, 1.54) is 0 Å². The molecule has 0 aliphatic rings. The lowest BCUT2D eigenvalue weighted by Gasteiger charge is -2.18. The molecule has 0 saturated carbocycles. The lowest BCUT2D eigenvalue weighted by molar-refractivity contribution is 0.413. The molecule has 0 aromatic heterocycles. The Morgan fingerprint density at radius 1 is 1.05 bits per heavy atom. The molecule has 0 saturated heterocycles. The van der Waals surface area contributed by atoms with Gasteiger partial charge in [0, 0.05) is 0 Å². The van der Waals surface area contributed by atoms with Gasteiger partial charge in [-0.3, -0.25) is 5.84 Å². The topological polar surface area (TPSA) is 47.3 Å². The van der Waals surface area contributed by atoms with Gasteiger partial charge in [0.25, 0.3) is 0 Å². The first-order valence-corrected chi connectivity index (χ1v) is 6.46. The summed E-state index contributed by atoms with van der Waals surface area (Å²) in [6, 6.07) is 12.9. The number of benzene rings is 2. The zero-order valence-corrected chi connectivity index (χ0v) is 11.9. The van der Waals surface area contributed by atoms with Crippen molar-refractivity contribution >= 4 is 23.2 Å². The number of rotatable bonds is 4. The number of halogens is 2. The fourth-order valence-corrected chi connectivity index (χ4v) is 2.20. The minimum absolute atomic E-state index is 0.176. The Bertz CT molecular complexity index is 575. The molecule has 2 aromatic rings. The van der Waals surface area contributed by atoms with Crippen molar-refractivity contribution in [3.63, 3.8) is 0 Å². The van der Waals surface area contributed by atoms with Crippen molar-refractivity contribution in [3.8, 4) is 5.75 Å².